The van der Waals surface area contributed by atoms with Gasteiger partial charge in [-0.15, -0.1) is 5.10 Å². The summed E-state index contributed by atoms with van der Waals surface area (Å²) in [7, 11) is 0. The smallest absolute Gasteiger partial charge is 0.183 e. The number of nitrogens with zero attached hydrogens (tertiary/aromatic N) is 4. The molecule has 3 rings (SSSR count). The van der Waals surface area contributed by atoms with E-state index in [1.54, 1.807) is 16.8 Å². The number of benzene rings is 1. The third kappa shape index (κ3) is 3.79. The van der Waals surface area contributed by atoms with Crippen LogP contribution in [0.3, 0.4) is 0 Å². The molecule has 1 aliphatic rings. The highest BCUT2D eigenvalue weighted by atomic mass is 19.1. The van der Waals surface area contributed by atoms with Crippen molar-refractivity contribution in [1.29, 1.82) is 0 Å². The third-order valence-electron chi connectivity index (χ3n) is 4.24. The predicted molar refractivity (Wildman–Crippen MR) is 90.1 cm³/mol. The van der Waals surface area contributed by atoms with E-state index < -0.39 is 0 Å². The topological polar surface area (TPSA) is 63.1 Å². The molecule has 2 heterocycles. The average Bonchev–Trinajstić information content (AvgIpc) is 3.01. The third-order valence-corrected chi connectivity index (χ3v) is 4.24. The Morgan fingerprint density at radius 1 is 1.21 bits per heavy atom. The number of halogens is 1. The highest BCUT2D eigenvalue weighted by Crippen LogP contribution is 2.19. The summed E-state index contributed by atoms with van der Waals surface area (Å²) >= 11 is 0. The quantitative estimate of drug-likeness (QED) is 0.824. The number of aromatic nitrogens is 3. The molecule has 0 atom stereocenters. The van der Waals surface area contributed by atoms with Crippen LogP contribution in [-0.4, -0.2) is 51.9 Å². The Morgan fingerprint density at radius 2 is 1.92 bits per heavy atom. The molecule has 7 heteroatoms. The van der Waals surface area contributed by atoms with Gasteiger partial charge in [0, 0.05) is 20.0 Å². The lowest BCUT2D eigenvalue weighted by Crippen LogP contribution is -2.34. The summed E-state index contributed by atoms with van der Waals surface area (Å²) in [6.45, 7) is 5.32. The van der Waals surface area contributed by atoms with E-state index in [4.69, 9.17) is 0 Å². The van der Waals surface area contributed by atoms with E-state index in [9.17, 15) is 9.18 Å². The molecule has 1 fully saturated rings. The van der Waals surface area contributed by atoms with Gasteiger partial charge in [-0.2, -0.15) is 4.68 Å². The second-order valence-electron chi connectivity index (χ2n) is 6.06. The van der Waals surface area contributed by atoms with Crippen molar-refractivity contribution < 1.29 is 9.18 Å². The lowest BCUT2D eigenvalue weighted by Gasteiger charge is -2.26. The molecular formula is C17H22FN5O. The molecule has 0 unspecified atom stereocenters. The van der Waals surface area contributed by atoms with Crippen molar-refractivity contribution in [1.82, 2.24) is 19.9 Å². The predicted octanol–water partition coefficient (Wildman–Crippen LogP) is 2.51. The van der Waals surface area contributed by atoms with Crippen molar-refractivity contribution >= 4 is 11.6 Å². The summed E-state index contributed by atoms with van der Waals surface area (Å²) in [4.78, 5) is 14.2. The average molecular weight is 331 g/mol. The van der Waals surface area contributed by atoms with Crippen LogP contribution in [0, 0.1) is 5.82 Å². The Morgan fingerprint density at radius 3 is 2.58 bits per heavy atom. The molecule has 0 saturated carbocycles. The zero-order chi connectivity index (χ0) is 16.9. The van der Waals surface area contributed by atoms with E-state index in [1.165, 1.54) is 38.3 Å². The molecule has 0 spiro atoms. The summed E-state index contributed by atoms with van der Waals surface area (Å²) in [5.74, 6) is 0.0974. The number of carbonyl (C=O) groups excluding carboxylic acids is 1. The summed E-state index contributed by atoms with van der Waals surface area (Å²) < 4.78 is 14.7. The van der Waals surface area contributed by atoms with E-state index in [2.05, 4.69) is 20.5 Å². The zero-order valence-corrected chi connectivity index (χ0v) is 13.8. The number of nitrogens with one attached hydrogen (secondary N) is 1. The Labute approximate surface area is 140 Å². The maximum Gasteiger partial charge on any atom is 0.183 e. The first-order valence-electron chi connectivity index (χ1n) is 8.34. The number of hydrogen-bond acceptors (Lipinski definition) is 5. The van der Waals surface area contributed by atoms with Gasteiger partial charge in [0.25, 0.3) is 0 Å². The van der Waals surface area contributed by atoms with Gasteiger partial charge in [0.05, 0.1) is 5.69 Å². The highest BCUT2D eigenvalue weighted by molar-refractivity contribution is 5.96. The van der Waals surface area contributed by atoms with E-state index >= 15 is 0 Å². The second kappa shape index (κ2) is 7.53. The molecule has 128 valence electrons. The van der Waals surface area contributed by atoms with Crippen LogP contribution in [-0.2, 0) is 0 Å². The van der Waals surface area contributed by atoms with Crippen molar-refractivity contribution in [3.8, 4) is 5.69 Å². The molecule has 0 amide bonds. The summed E-state index contributed by atoms with van der Waals surface area (Å²) in [5.41, 5.74) is 0.967. The van der Waals surface area contributed by atoms with Crippen LogP contribution < -0.4 is 5.32 Å². The zero-order valence-electron chi connectivity index (χ0n) is 13.8. The van der Waals surface area contributed by atoms with Gasteiger partial charge < -0.3 is 10.2 Å². The minimum Gasteiger partial charge on any atom is -0.367 e. The molecule has 1 aromatic heterocycles. The van der Waals surface area contributed by atoms with Crippen molar-refractivity contribution in [3.63, 3.8) is 0 Å². The van der Waals surface area contributed by atoms with Crippen LogP contribution in [0.1, 0.15) is 36.7 Å². The number of ketones is 1. The van der Waals surface area contributed by atoms with Crippen molar-refractivity contribution in [2.45, 2.75) is 26.2 Å². The number of carbonyl (C=O) groups is 1. The summed E-state index contributed by atoms with van der Waals surface area (Å²) in [6.07, 6.45) is 3.79. The van der Waals surface area contributed by atoms with Crippen LogP contribution in [0.4, 0.5) is 10.2 Å². The lowest BCUT2D eigenvalue weighted by atomic mass is 10.1. The molecule has 2 aromatic rings. The maximum absolute atomic E-state index is 13.1. The van der Waals surface area contributed by atoms with E-state index in [0.29, 0.717) is 23.7 Å². The van der Waals surface area contributed by atoms with E-state index in [0.717, 1.165) is 19.6 Å². The minimum atomic E-state index is -0.315. The minimum absolute atomic E-state index is 0.149. The van der Waals surface area contributed by atoms with Crippen molar-refractivity contribution in [2.75, 3.05) is 31.5 Å². The molecule has 6 nitrogen and oxygen atoms in total. The number of anilines is 1. The molecule has 1 N–H and O–H groups in total. The number of rotatable bonds is 6. The summed E-state index contributed by atoms with van der Waals surface area (Å²) in [6, 6.07) is 5.96. The van der Waals surface area contributed by atoms with Gasteiger partial charge in [0.15, 0.2) is 17.3 Å². The van der Waals surface area contributed by atoms with Gasteiger partial charge in [-0.05, 0) is 50.2 Å². The SMILES string of the molecule is CC(=O)c1nnn(-c2ccc(F)cc2)c1NCCN1CCCCC1. The Hall–Kier alpha value is -2.28. The molecule has 0 radical (unpaired) electrons. The molecule has 0 bridgehead atoms. The molecule has 1 saturated heterocycles. The first-order chi connectivity index (χ1) is 11.6. The van der Waals surface area contributed by atoms with E-state index in [1.807, 2.05) is 0 Å². The largest absolute Gasteiger partial charge is 0.367 e. The van der Waals surface area contributed by atoms with Gasteiger partial charge in [-0.1, -0.05) is 11.6 Å². The molecular weight excluding hydrogens is 309 g/mol. The van der Waals surface area contributed by atoms with Gasteiger partial charge in [0.2, 0.25) is 0 Å². The summed E-state index contributed by atoms with van der Waals surface area (Å²) in [5, 5.41) is 11.3. The molecule has 1 aromatic carbocycles. The van der Waals surface area contributed by atoms with E-state index in [-0.39, 0.29) is 11.6 Å². The number of hydrogen-bond donors (Lipinski definition) is 1. The Bertz CT molecular complexity index is 692. The first kappa shape index (κ1) is 16.6. The Kier molecular flexibility index (Phi) is 5.20. The number of likely N-dealkylation sites (tertiary alicyclic amines) is 1. The van der Waals surface area contributed by atoms with Crippen molar-refractivity contribution in [3.05, 3.63) is 35.8 Å². The second-order valence-corrected chi connectivity index (χ2v) is 6.06. The fourth-order valence-electron chi connectivity index (χ4n) is 2.96. The maximum atomic E-state index is 13.1. The highest BCUT2D eigenvalue weighted by Gasteiger charge is 2.18. The van der Waals surface area contributed by atoms with Crippen LogP contribution in [0.5, 0.6) is 0 Å². The normalized spacial score (nSPS) is 15.4. The van der Waals surface area contributed by atoms with Gasteiger partial charge in [-0.3, -0.25) is 4.79 Å². The van der Waals surface area contributed by atoms with Crippen LogP contribution in [0.2, 0.25) is 0 Å². The van der Waals surface area contributed by atoms with Gasteiger partial charge in [-0.25, -0.2) is 4.39 Å². The monoisotopic (exact) mass is 331 g/mol. The van der Waals surface area contributed by atoms with Crippen molar-refractivity contribution in [2.24, 2.45) is 0 Å². The van der Waals surface area contributed by atoms with Crippen LogP contribution >= 0.6 is 0 Å². The fourth-order valence-corrected chi connectivity index (χ4v) is 2.96. The van der Waals surface area contributed by atoms with Gasteiger partial charge in [0.1, 0.15) is 5.82 Å². The number of piperidine rings is 1. The fraction of sp³-hybridized carbons (Fsp3) is 0.471. The molecule has 1 aliphatic heterocycles. The van der Waals surface area contributed by atoms with Gasteiger partial charge >= 0.3 is 0 Å². The number of Topliss-reactive ketones (excluding diaryl/α,β-unsaturated/α-hetero) is 1. The van der Waals surface area contributed by atoms with Crippen LogP contribution in [0.15, 0.2) is 24.3 Å². The molecule has 24 heavy (non-hydrogen) atoms. The standard InChI is InChI=1S/C17H22FN5O/c1-13(24)16-17(19-9-12-22-10-3-2-4-11-22)23(21-20-16)15-7-5-14(18)6-8-15/h5-8,19H,2-4,9-12H2,1H3. The van der Waals surface area contributed by atoms with Crippen LogP contribution in [0.25, 0.3) is 5.69 Å². The molecule has 0 aliphatic carbocycles. The first-order valence-corrected chi connectivity index (χ1v) is 8.34. The Balaban J connectivity index is 1.75. The lowest BCUT2D eigenvalue weighted by molar-refractivity contribution is 0.101.